The fourth-order valence-electron chi connectivity index (χ4n) is 3.84. The molecule has 184 valence electrons. The summed E-state index contributed by atoms with van der Waals surface area (Å²) in [4.78, 5) is 0.0695. The van der Waals surface area contributed by atoms with E-state index in [0.717, 1.165) is 26.1 Å². The molecule has 2 N–H and O–H groups in total. The van der Waals surface area contributed by atoms with Crippen molar-refractivity contribution in [3.63, 3.8) is 0 Å². The fraction of sp³-hybridized carbons (Fsp3) is 0.609. The highest BCUT2D eigenvalue weighted by Gasteiger charge is 2.29. The third kappa shape index (κ3) is 6.06. The van der Waals surface area contributed by atoms with Crippen LogP contribution >= 0.6 is 0 Å². The predicted molar refractivity (Wildman–Crippen MR) is 125 cm³/mol. The Hall–Kier alpha value is -2.14. The zero-order chi connectivity index (χ0) is 24.0. The van der Waals surface area contributed by atoms with Gasteiger partial charge >= 0.3 is 0 Å². The monoisotopic (exact) mass is 481 g/mol. The summed E-state index contributed by atoms with van der Waals surface area (Å²) >= 11 is 0. The van der Waals surface area contributed by atoms with Gasteiger partial charge in [-0.05, 0) is 49.8 Å². The molecule has 0 atom stereocenters. The number of anilines is 1. The SMILES string of the molecule is CCn1nc(CO)cc1N(CC(C)C)S(=O)(=O)c1ccc(OCC2CCOCC2)c(CO)c1. The van der Waals surface area contributed by atoms with E-state index in [9.17, 15) is 18.6 Å². The van der Waals surface area contributed by atoms with Crippen molar-refractivity contribution in [2.75, 3.05) is 30.7 Å². The van der Waals surface area contributed by atoms with Crippen molar-refractivity contribution < 1.29 is 28.1 Å². The van der Waals surface area contributed by atoms with Crippen LogP contribution in [0.15, 0.2) is 29.2 Å². The molecular weight excluding hydrogens is 446 g/mol. The molecule has 9 nitrogen and oxygen atoms in total. The number of rotatable bonds is 11. The highest BCUT2D eigenvalue weighted by atomic mass is 32.2. The zero-order valence-corrected chi connectivity index (χ0v) is 20.4. The first kappa shape index (κ1) is 25.5. The van der Waals surface area contributed by atoms with Crippen LogP contribution < -0.4 is 9.04 Å². The summed E-state index contributed by atoms with van der Waals surface area (Å²) in [6.07, 6.45) is 1.85. The molecule has 0 bridgehead atoms. The van der Waals surface area contributed by atoms with E-state index in [4.69, 9.17) is 9.47 Å². The molecule has 1 aromatic heterocycles. The van der Waals surface area contributed by atoms with Crippen LogP contribution in [0.4, 0.5) is 5.82 Å². The second-order valence-electron chi connectivity index (χ2n) is 8.69. The smallest absolute Gasteiger partial charge is 0.265 e. The van der Waals surface area contributed by atoms with Crippen molar-refractivity contribution in [3.8, 4) is 5.75 Å². The van der Waals surface area contributed by atoms with Gasteiger partial charge in [-0.1, -0.05) is 13.8 Å². The molecule has 1 aliphatic heterocycles. The molecule has 3 rings (SSSR count). The number of aryl methyl sites for hydroxylation is 1. The summed E-state index contributed by atoms with van der Waals surface area (Å²) in [7, 11) is -3.95. The molecule has 1 fully saturated rings. The van der Waals surface area contributed by atoms with E-state index < -0.39 is 10.0 Å². The Bertz CT molecular complexity index is 1020. The van der Waals surface area contributed by atoms with Crippen molar-refractivity contribution >= 4 is 15.8 Å². The lowest BCUT2D eigenvalue weighted by Gasteiger charge is -2.27. The number of aliphatic hydroxyl groups is 2. The van der Waals surface area contributed by atoms with Gasteiger partial charge < -0.3 is 19.7 Å². The summed E-state index contributed by atoms with van der Waals surface area (Å²) in [6.45, 7) is 7.78. The highest BCUT2D eigenvalue weighted by molar-refractivity contribution is 7.92. The standard InChI is InChI=1S/C23H35N3O6S/c1-4-25-23(12-20(15-28)24-25)26(13-17(2)3)33(29,30)21-5-6-22(19(11-21)14-27)32-16-18-7-9-31-10-8-18/h5-6,11-12,17-18,27-28H,4,7-10,13-16H2,1-3H3. The van der Waals surface area contributed by atoms with Crippen molar-refractivity contribution in [3.05, 3.63) is 35.5 Å². The van der Waals surface area contributed by atoms with Crippen LogP contribution in [0.3, 0.4) is 0 Å². The lowest BCUT2D eigenvalue weighted by atomic mass is 10.0. The van der Waals surface area contributed by atoms with Gasteiger partial charge in [-0.25, -0.2) is 17.4 Å². The second kappa shape index (κ2) is 11.3. The van der Waals surface area contributed by atoms with E-state index in [2.05, 4.69) is 5.10 Å². The van der Waals surface area contributed by atoms with E-state index in [1.807, 2.05) is 20.8 Å². The van der Waals surface area contributed by atoms with Gasteiger partial charge in [-0.3, -0.25) is 0 Å². The largest absolute Gasteiger partial charge is 0.493 e. The normalized spacial score (nSPS) is 15.2. The van der Waals surface area contributed by atoms with Gasteiger partial charge in [0, 0.05) is 37.9 Å². The number of nitrogens with zero attached hydrogens (tertiary/aromatic N) is 3. The molecule has 10 heteroatoms. The van der Waals surface area contributed by atoms with E-state index in [1.165, 1.54) is 16.4 Å². The van der Waals surface area contributed by atoms with Gasteiger partial charge in [0.25, 0.3) is 10.0 Å². The molecular formula is C23H35N3O6S. The summed E-state index contributed by atoms with van der Waals surface area (Å²) < 4.78 is 41.6. The second-order valence-corrected chi connectivity index (χ2v) is 10.6. The molecule has 1 aliphatic rings. The van der Waals surface area contributed by atoms with Gasteiger partial charge in [0.15, 0.2) is 0 Å². The number of hydrogen-bond acceptors (Lipinski definition) is 7. The van der Waals surface area contributed by atoms with Gasteiger partial charge in [0.2, 0.25) is 0 Å². The first-order valence-corrected chi connectivity index (χ1v) is 12.9. The van der Waals surface area contributed by atoms with Gasteiger partial charge in [0.1, 0.15) is 11.6 Å². The van der Waals surface area contributed by atoms with E-state index in [0.29, 0.717) is 41.9 Å². The Morgan fingerprint density at radius 3 is 2.55 bits per heavy atom. The summed E-state index contributed by atoms with van der Waals surface area (Å²) in [5.74, 6) is 1.32. The van der Waals surface area contributed by atoms with E-state index >= 15 is 0 Å². The number of aliphatic hydroxyl groups excluding tert-OH is 2. The molecule has 33 heavy (non-hydrogen) atoms. The number of ether oxygens (including phenoxy) is 2. The minimum absolute atomic E-state index is 0.0527. The third-order valence-electron chi connectivity index (χ3n) is 5.66. The van der Waals surface area contributed by atoms with Crippen LogP contribution in [0.2, 0.25) is 0 Å². The topological polar surface area (TPSA) is 114 Å². The van der Waals surface area contributed by atoms with E-state index in [-0.39, 0.29) is 30.6 Å². The van der Waals surface area contributed by atoms with Crippen LogP contribution in [0.1, 0.15) is 44.9 Å². The molecule has 1 saturated heterocycles. The lowest BCUT2D eigenvalue weighted by molar-refractivity contribution is 0.0494. The predicted octanol–water partition coefficient (Wildman–Crippen LogP) is 2.54. The Kier molecular flexibility index (Phi) is 8.75. The molecule has 0 aliphatic carbocycles. The van der Waals surface area contributed by atoms with E-state index in [1.54, 1.807) is 16.8 Å². The molecule has 2 heterocycles. The maximum atomic E-state index is 13.7. The number of sulfonamides is 1. The van der Waals surface area contributed by atoms with Crippen molar-refractivity contribution in [1.82, 2.24) is 9.78 Å². The first-order chi connectivity index (χ1) is 15.8. The Balaban J connectivity index is 1.91. The van der Waals surface area contributed by atoms with Crippen LogP contribution in [-0.2, 0) is 34.5 Å². The maximum absolute atomic E-state index is 13.7. The zero-order valence-electron chi connectivity index (χ0n) is 19.6. The van der Waals surface area contributed by atoms with Crippen LogP contribution in [0.25, 0.3) is 0 Å². The molecule has 2 aromatic rings. The summed E-state index contributed by atoms with van der Waals surface area (Å²) in [6, 6.07) is 6.20. The summed E-state index contributed by atoms with van der Waals surface area (Å²) in [5.41, 5.74) is 0.830. The van der Waals surface area contributed by atoms with Gasteiger partial charge in [0.05, 0.1) is 30.4 Å². The molecule has 0 radical (unpaired) electrons. The van der Waals surface area contributed by atoms with Crippen LogP contribution in [-0.4, -0.2) is 54.8 Å². The Morgan fingerprint density at radius 2 is 1.94 bits per heavy atom. The first-order valence-electron chi connectivity index (χ1n) is 11.4. The molecule has 0 saturated carbocycles. The Morgan fingerprint density at radius 1 is 1.21 bits per heavy atom. The molecule has 1 aromatic carbocycles. The number of aromatic nitrogens is 2. The number of benzene rings is 1. The summed E-state index contributed by atoms with van der Waals surface area (Å²) in [5, 5.41) is 23.7. The third-order valence-corrected chi connectivity index (χ3v) is 7.43. The quantitative estimate of drug-likeness (QED) is 0.507. The highest BCUT2D eigenvalue weighted by Crippen LogP contribution is 2.30. The van der Waals surface area contributed by atoms with Crippen LogP contribution in [0, 0.1) is 11.8 Å². The van der Waals surface area contributed by atoms with Crippen molar-refractivity contribution in [2.24, 2.45) is 11.8 Å². The number of hydrogen-bond donors (Lipinski definition) is 2. The fourth-order valence-corrected chi connectivity index (χ4v) is 5.52. The average Bonchev–Trinajstić information content (AvgIpc) is 3.24. The average molecular weight is 482 g/mol. The molecule has 0 amide bonds. The van der Waals surface area contributed by atoms with Crippen molar-refractivity contribution in [2.45, 2.75) is 58.3 Å². The Labute approximate surface area is 196 Å². The van der Waals surface area contributed by atoms with Crippen molar-refractivity contribution in [1.29, 1.82) is 0 Å². The molecule has 0 spiro atoms. The minimum Gasteiger partial charge on any atom is -0.493 e. The van der Waals surface area contributed by atoms with Gasteiger partial charge in [-0.15, -0.1) is 0 Å². The maximum Gasteiger partial charge on any atom is 0.265 e. The lowest BCUT2D eigenvalue weighted by Crippen LogP contribution is -2.36. The van der Waals surface area contributed by atoms with Gasteiger partial charge in [-0.2, -0.15) is 5.10 Å². The molecule has 0 unspecified atom stereocenters. The minimum atomic E-state index is -3.95. The van der Waals surface area contributed by atoms with Crippen LogP contribution in [0.5, 0.6) is 5.75 Å².